The van der Waals surface area contributed by atoms with Crippen LogP contribution in [0.3, 0.4) is 0 Å². The molecule has 10 heteroatoms. The van der Waals surface area contributed by atoms with E-state index >= 15 is 0 Å². The maximum Gasteiger partial charge on any atom is 0.261 e. The van der Waals surface area contributed by atoms with Gasteiger partial charge in [-0.2, -0.15) is 0 Å². The van der Waals surface area contributed by atoms with Crippen molar-refractivity contribution in [2.45, 2.75) is 72.6 Å². The van der Waals surface area contributed by atoms with Crippen molar-refractivity contribution < 1.29 is 29.4 Å². The van der Waals surface area contributed by atoms with E-state index in [4.69, 9.17) is 0 Å². The van der Waals surface area contributed by atoms with Gasteiger partial charge >= 0.3 is 0 Å². The number of amides is 2. The van der Waals surface area contributed by atoms with Crippen molar-refractivity contribution in [3.05, 3.63) is 0 Å². The first kappa shape index (κ1) is 20.8. The van der Waals surface area contributed by atoms with E-state index < -0.39 is 45.9 Å². The number of hydrogen-bond acceptors (Lipinski definition) is 8. The van der Waals surface area contributed by atoms with Gasteiger partial charge in [-0.15, -0.1) is 23.5 Å². The lowest BCUT2D eigenvalue weighted by Gasteiger charge is -2.54. The summed E-state index contributed by atoms with van der Waals surface area (Å²) in [7, 11) is 0. The summed E-state index contributed by atoms with van der Waals surface area (Å²) in [5.74, 6) is -1.81. The third-order valence-electron chi connectivity index (χ3n) is 7.96. The average molecular weight is 455 g/mol. The van der Waals surface area contributed by atoms with Gasteiger partial charge in [0.25, 0.3) is 11.8 Å². The van der Waals surface area contributed by atoms with Crippen LogP contribution < -0.4 is 0 Å². The Morgan fingerprint density at radius 2 is 1.13 bits per heavy atom. The molecule has 0 radical (unpaired) electrons. The second-order valence-electron chi connectivity index (χ2n) is 9.07. The number of hydrogen-bond donors (Lipinski definition) is 2. The zero-order valence-corrected chi connectivity index (χ0v) is 18.6. The number of aliphatic hydroxyl groups is 2. The molecule has 2 aliphatic carbocycles. The summed E-state index contributed by atoms with van der Waals surface area (Å²) in [6.45, 7) is 0. The van der Waals surface area contributed by atoms with Gasteiger partial charge in [0.1, 0.15) is 11.6 Å². The number of carbonyl (C=O) groups excluding carboxylic acids is 4. The lowest BCUT2D eigenvalue weighted by atomic mass is 9.80. The fourth-order valence-electron chi connectivity index (χ4n) is 6.55. The van der Waals surface area contributed by atoms with Crippen molar-refractivity contribution in [2.75, 3.05) is 12.5 Å². The molecule has 5 fully saturated rings. The van der Waals surface area contributed by atoms with Crippen molar-refractivity contribution in [1.82, 2.24) is 9.80 Å². The summed E-state index contributed by atoms with van der Waals surface area (Å²) >= 11 is 2.44. The molecule has 2 saturated carbocycles. The highest BCUT2D eigenvalue weighted by molar-refractivity contribution is 8.01. The van der Waals surface area contributed by atoms with Crippen LogP contribution in [0.5, 0.6) is 0 Å². The van der Waals surface area contributed by atoms with Crippen LogP contribution in [0.25, 0.3) is 0 Å². The number of Topliss-reactive ketones (excluding diaryl/α,β-unsaturated/α-hetero) is 2. The minimum Gasteiger partial charge on any atom is -0.391 e. The summed E-state index contributed by atoms with van der Waals surface area (Å²) < 4.78 is 0. The van der Waals surface area contributed by atoms with Crippen molar-refractivity contribution >= 4 is 46.9 Å². The number of thioether (sulfide) groups is 2. The molecule has 5 rings (SSSR count). The second-order valence-corrected chi connectivity index (χ2v) is 11.2. The first-order valence-electron chi connectivity index (χ1n) is 10.4. The van der Waals surface area contributed by atoms with Crippen LogP contribution >= 0.6 is 23.5 Å². The Balaban J connectivity index is 1.68. The summed E-state index contributed by atoms with van der Waals surface area (Å²) in [5, 5.41) is 21.5. The van der Waals surface area contributed by atoms with Crippen LogP contribution in [0, 0.1) is 11.8 Å². The highest BCUT2D eigenvalue weighted by Gasteiger charge is 2.75. The fraction of sp³-hybridized carbons (Fsp3) is 0.800. The van der Waals surface area contributed by atoms with Gasteiger partial charge in [-0.05, 0) is 25.4 Å². The molecule has 3 aliphatic heterocycles. The number of piperazine rings is 1. The molecule has 0 aromatic rings. The van der Waals surface area contributed by atoms with E-state index in [1.54, 1.807) is 12.5 Å². The zero-order valence-electron chi connectivity index (χ0n) is 16.9. The van der Waals surface area contributed by atoms with Crippen LogP contribution in [-0.4, -0.2) is 89.9 Å². The molecular formula is C20H26N2O6S2. The normalized spacial score (nSPS) is 47.9. The highest BCUT2D eigenvalue weighted by Crippen LogP contribution is 2.60. The third-order valence-corrected chi connectivity index (χ3v) is 10.4. The third kappa shape index (κ3) is 2.28. The molecule has 3 heterocycles. The maximum atomic E-state index is 14.1. The van der Waals surface area contributed by atoms with Gasteiger partial charge in [-0.1, -0.05) is 0 Å². The summed E-state index contributed by atoms with van der Waals surface area (Å²) in [6.07, 6.45) is 3.16. The molecule has 164 valence electrons. The average Bonchev–Trinajstić information content (AvgIpc) is 3.29. The van der Waals surface area contributed by atoms with E-state index in [9.17, 15) is 29.4 Å². The van der Waals surface area contributed by atoms with Crippen molar-refractivity contribution in [1.29, 1.82) is 0 Å². The number of rotatable bonds is 2. The van der Waals surface area contributed by atoms with Gasteiger partial charge in [0.15, 0.2) is 9.74 Å². The lowest BCUT2D eigenvalue weighted by Crippen LogP contribution is -2.75. The van der Waals surface area contributed by atoms with Gasteiger partial charge in [-0.3, -0.25) is 19.2 Å². The predicted octanol–water partition coefficient (Wildman–Crippen LogP) is 0.000400. The topological polar surface area (TPSA) is 115 Å². The molecule has 0 unspecified atom stereocenters. The molecule has 5 aliphatic rings. The second kappa shape index (κ2) is 6.70. The fourth-order valence-corrected chi connectivity index (χ4v) is 8.59. The number of aliphatic hydroxyl groups excluding tert-OH is 2. The molecule has 2 N–H and O–H groups in total. The van der Waals surface area contributed by atoms with Crippen LogP contribution in [0.4, 0.5) is 0 Å². The first-order chi connectivity index (χ1) is 14.2. The quantitative estimate of drug-likeness (QED) is 0.599. The molecule has 2 amide bonds. The van der Waals surface area contributed by atoms with E-state index in [-0.39, 0.29) is 61.9 Å². The summed E-state index contributed by atoms with van der Waals surface area (Å²) in [4.78, 5) is 54.0. The monoisotopic (exact) mass is 454 g/mol. The molecule has 0 bridgehead atoms. The first-order valence-corrected chi connectivity index (χ1v) is 12.9. The van der Waals surface area contributed by atoms with Gasteiger partial charge in [-0.25, -0.2) is 0 Å². The van der Waals surface area contributed by atoms with E-state index in [0.717, 1.165) is 0 Å². The van der Waals surface area contributed by atoms with Crippen LogP contribution in [0.1, 0.15) is 38.5 Å². The van der Waals surface area contributed by atoms with E-state index in [1.807, 2.05) is 0 Å². The smallest absolute Gasteiger partial charge is 0.261 e. The minimum atomic E-state index is -1.29. The van der Waals surface area contributed by atoms with Crippen LogP contribution in [-0.2, 0) is 19.2 Å². The van der Waals surface area contributed by atoms with E-state index in [1.165, 1.54) is 33.3 Å². The standard InChI is InChI=1S/C20H26N2O6S2/c1-29-19-7-9-11(23)3-5-13(25)15(9)21(19)18(28)20(30-2)8-10-12(24)4-6-14(26)16(10)22(20)17(19)27/h9-10,13-16,25-26H,3-8H2,1-2H3/t9-,10+,13-,14-,15-,16+,19+,20+/m0/s1. The Kier molecular flexibility index (Phi) is 4.64. The largest absolute Gasteiger partial charge is 0.391 e. The van der Waals surface area contributed by atoms with Crippen LogP contribution in [0.2, 0.25) is 0 Å². The molecule has 30 heavy (non-hydrogen) atoms. The number of ketones is 2. The van der Waals surface area contributed by atoms with Crippen molar-refractivity contribution in [3.63, 3.8) is 0 Å². The van der Waals surface area contributed by atoms with Gasteiger partial charge in [0, 0.05) is 37.5 Å². The number of carbonyl (C=O) groups is 4. The Morgan fingerprint density at radius 1 is 0.767 bits per heavy atom. The number of nitrogens with zero attached hydrogens (tertiary/aromatic N) is 2. The minimum absolute atomic E-state index is 0.0159. The van der Waals surface area contributed by atoms with Crippen molar-refractivity contribution in [2.24, 2.45) is 11.8 Å². The Hall–Kier alpha value is -1.10. The lowest BCUT2D eigenvalue weighted by molar-refractivity contribution is -0.171. The number of fused-ring (bicyclic) bond motifs is 6. The summed E-state index contributed by atoms with van der Waals surface area (Å²) in [5.41, 5.74) is 0. The van der Waals surface area contributed by atoms with Crippen molar-refractivity contribution in [3.8, 4) is 0 Å². The van der Waals surface area contributed by atoms with Gasteiger partial charge in [0.2, 0.25) is 0 Å². The zero-order chi connectivity index (χ0) is 21.6. The van der Waals surface area contributed by atoms with E-state index in [0.29, 0.717) is 0 Å². The Morgan fingerprint density at radius 3 is 1.47 bits per heavy atom. The predicted molar refractivity (Wildman–Crippen MR) is 110 cm³/mol. The molecule has 8 nitrogen and oxygen atoms in total. The molecule has 0 spiro atoms. The molecule has 0 aromatic carbocycles. The van der Waals surface area contributed by atoms with Gasteiger partial charge < -0.3 is 20.0 Å². The summed E-state index contributed by atoms with van der Waals surface area (Å²) in [6, 6.07) is -1.44. The Labute approximate surface area is 183 Å². The van der Waals surface area contributed by atoms with E-state index in [2.05, 4.69) is 0 Å². The molecular weight excluding hydrogens is 428 g/mol. The molecule has 0 aromatic heterocycles. The van der Waals surface area contributed by atoms with Crippen LogP contribution in [0.15, 0.2) is 0 Å². The Bertz CT molecular complexity index is 785. The SMILES string of the molecule is CS[C@@]12C[C@@H]3C(=O)CC[C@H](O)[C@@H]3N1C(=O)[C@]1(SC)C[C@H]3C(=O)CC[C@H](O)[C@H]3N1C2=O. The highest BCUT2D eigenvalue weighted by atomic mass is 32.2. The maximum absolute atomic E-state index is 14.1. The molecule has 8 atom stereocenters. The molecule has 3 saturated heterocycles. The van der Waals surface area contributed by atoms with Gasteiger partial charge in [0.05, 0.1) is 24.3 Å².